The zero-order valence-electron chi connectivity index (χ0n) is 16.6. The van der Waals surface area contributed by atoms with Crippen LogP contribution >= 0.6 is 0 Å². The fraction of sp³-hybridized carbons (Fsp3) is 0.435. The minimum absolute atomic E-state index is 0.465. The predicted octanol–water partition coefficient (Wildman–Crippen LogP) is 3.34. The third kappa shape index (κ3) is 6.35. The molecule has 1 heterocycles. The largest absolute Gasteiger partial charge is 0.489 e. The molecule has 0 spiro atoms. The number of piperidine rings is 1. The van der Waals surface area contributed by atoms with Crippen LogP contribution in [0.4, 0.5) is 0 Å². The van der Waals surface area contributed by atoms with Crippen LogP contribution in [0.1, 0.15) is 29.5 Å². The highest BCUT2D eigenvalue weighted by Gasteiger charge is 2.18. The SMILES string of the molecule is COCCN1CCC(NCc2cccc(OCc3cccc(C#N)c3)c2)CC1. The van der Waals surface area contributed by atoms with E-state index in [0.717, 1.165) is 44.1 Å². The van der Waals surface area contributed by atoms with Crippen LogP contribution < -0.4 is 10.1 Å². The molecule has 1 N–H and O–H groups in total. The molecule has 5 heteroatoms. The number of likely N-dealkylation sites (tertiary alicyclic amines) is 1. The second-order valence-electron chi connectivity index (χ2n) is 7.24. The lowest BCUT2D eigenvalue weighted by Gasteiger charge is -2.32. The van der Waals surface area contributed by atoms with Gasteiger partial charge in [-0.1, -0.05) is 24.3 Å². The molecule has 1 aliphatic rings. The Balaban J connectivity index is 1.44. The van der Waals surface area contributed by atoms with Gasteiger partial charge in [-0.3, -0.25) is 0 Å². The van der Waals surface area contributed by atoms with E-state index in [1.807, 2.05) is 30.3 Å². The fourth-order valence-corrected chi connectivity index (χ4v) is 3.49. The second-order valence-corrected chi connectivity index (χ2v) is 7.24. The van der Waals surface area contributed by atoms with Crippen molar-refractivity contribution in [2.75, 3.05) is 33.4 Å². The first-order valence-corrected chi connectivity index (χ1v) is 9.92. The van der Waals surface area contributed by atoms with Gasteiger partial charge >= 0.3 is 0 Å². The normalized spacial score (nSPS) is 15.3. The van der Waals surface area contributed by atoms with Crippen LogP contribution in [0.25, 0.3) is 0 Å². The molecule has 1 saturated heterocycles. The molecule has 5 nitrogen and oxygen atoms in total. The van der Waals surface area contributed by atoms with E-state index in [0.29, 0.717) is 18.2 Å². The molecule has 2 aromatic rings. The topological polar surface area (TPSA) is 57.5 Å². The summed E-state index contributed by atoms with van der Waals surface area (Å²) in [6.45, 7) is 5.42. The van der Waals surface area contributed by atoms with Crippen molar-refractivity contribution in [2.45, 2.75) is 32.0 Å². The fourth-order valence-electron chi connectivity index (χ4n) is 3.49. The van der Waals surface area contributed by atoms with Crippen LogP contribution in [0, 0.1) is 11.3 Å². The number of nitrogens with zero attached hydrogens (tertiary/aromatic N) is 2. The van der Waals surface area contributed by atoms with Crippen LogP contribution in [0.3, 0.4) is 0 Å². The molecule has 2 aromatic carbocycles. The average Bonchev–Trinajstić information content (AvgIpc) is 2.76. The van der Waals surface area contributed by atoms with Gasteiger partial charge in [-0.05, 0) is 61.3 Å². The Kier molecular flexibility index (Phi) is 7.86. The molecule has 3 rings (SSSR count). The number of hydrogen-bond donors (Lipinski definition) is 1. The van der Waals surface area contributed by atoms with Crippen LogP contribution in [0.15, 0.2) is 48.5 Å². The average molecular weight is 380 g/mol. The number of hydrogen-bond acceptors (Lipinski definition) is 5. The lowest BCUT2D eigenvalue weighted by atomic mass is 10.0. The number of methoxy groups -OCH3 is 1. The Morgan fingerprint density at radius 2 is 1.89 bits per heavy atom. The number of rotatable bonds is 9. The summed E-state index contributed by atoms with van der Waals surface area (Å²) in [5.74, 6) is 0.857. The van der Waals surface area contributed by atoms with Gasteiger partial charge in [0, 0.05) is 26.2 Å². The monoisotopic (exact) mass is 379 g/mol. The van der Waals surface area contributed by atoms with E-state index >= 15 is 0 Å². The highest BCUT2D eigenvalue weighted by atomic mass is 16.5. The number of benzene rings is 2. The summed E-state index contributed by atoms with van der Waals surface area (Å²) >= 11 is 0. The van der Waals surface area contributed by atoms with Crippen LogP contribution in [-0.2, 0) is 17.9 Å². The van der Waals surface area contributed by atoms with E-state index in [1.165, 1.54) is 18.4 Å². The summed E-state index contributed by atoms with van der Waals surface area (Å²) in [7, 11) is 1.76. The highest BCUT2D eigenvalue weighted by molar-refractivity contribution is 5.33. The molecule has 0 aromatic heterocycles. The molecule has 0 radical (unpaired) electrons. The first-order valence-electron chi connectivity index (χ1n) is 9.92. The third-order valence-corrected chi connectivity index (χ3v) is 5.15. The van der Waals surface area contributed by atoms with Crippen molar-refractivity contribution in [3.63, 3.8) is 0 Å². The Morgan fingerprint density at radius 1 is 1.11 bits per heavy atom. The third-order valence-electron chi connectivity index (χ3n) is 5.15. The number of nitrogens with one attached hydrogen (secondary N) is 1. The van der Waals surface area contributed by atoms with Gasteiger partial charge in [-0.15, -0.1) is 0 Å². The summed E-state index contributed by atoms with van der Waals surface area (Å²) in [4.78, 5) is 2.47. The molecule has 0 bridgehead atoms. The molecule has 0 aliphatic carbocycles. The first kappa shape index (κ1) is 20.3. The second kappa shape index (κ2) is 10.8. The van der Waals surface area contributed by atoms with E-state index in [-0.39, 0.29) is 0 Å². The van der Waals surface area contributed by atoms with Gasteiger partial charge in [0.2, 0.25) is 0 Å². The summed E-state index contributed by atoms with van der Waals surface area (Å²) < 4.78 is 11.1. The molecule has 1 aliphatic heterocycles. The standard InChI is InChI=1S/C23H29N3O2/c1-27-13-12-26-10-8-22(9-11-26)25-17-20-5-3-7-23(15-20)28-18-21-6-2-4-19(14-21)16-24/h2-7,14-15,22,25H,8-13,17-18H2,1H3. The van der Waals surface area contributed by atoms with Gasteiger partial charge in [0.15, 0.2) is 0 Å². The minimum Gasteiger partial charge on any atom is -0.489 e. The molecule has 28 heavy (non-hydrogen) atoms. The van der Waals surface area contributed by atoms with Crippen molar-refractivity contribution in [3.05, 3.63) is 65.2 Å². The Hall–Kier alpha value is -2.39. The predicted molar refractivity (Wildman–Crippen MR) is 110 cm³/mol. The molecule has 0 unspecified atom stereocenters. The number of nitriles is 1. The van der Waals surface area contributed by atoms with E-state index in [1.54, 1.807) is 13.2 Å². The smallest absolute Gasteiger partial charge is 0.120 e. The maximum Gasteiger partial charge on any atom is 0.120 e. The van der Waals surface area contributed by atoms with Crippen LogP contribution in [0.2, 0.25) is 0 Å². The van der Waals surface area contributed by atoms with Gasteiger partial charge in [0.1, 0.15) is 12.4 Å². The van der Waals surface area contributed by atoms with Gasteiger partial charge in [-0.2, -0.15) is 5.26 Å². The summed E-state index contributed by atoms with van der Waals surface area (Å²) in [5.41, 5.74) is 2.89. The highest BCUT2D eigenvalue weighted by Crippen LogP contribution is 2.17. The van der Waals surface area contributed by atoms with Crippen molar-refractivity contribution in [3.8, 4) is 11.8 Å². The molecule has 1 fully saturated rings. The van der Waals surface area contributed by atoms with E-state index in [9.17, 15) is 0 Å². The molecule has 0 amide bonds. The molecule has 148 valence electrons. The first-order chi connectivity index (χ1) is 13.8. The quantitative estimate of drug-likeness (QED) is 0.724. The van der Waals surface area contributed by atoms with E-state index in [4.69, 9.17) is 14.7 Å². The Labute approximate surface area is 167 Å². The molecule has 0 atom stereocenters. The summed E-state index contributed by atoms with van der Waals surface area (Å²) in [6.07, 6.45) is 2.35. The lowest BCUT2D eigenvalue weighted by Crippen LogP contribution is -2.43. The van der Waals surface area contributed by atoms with Crippen LogP contribution in [0.5, 0.6) is 5.75 Å². The summed E-state index contributed by atoms with van der Waals surface area (Å²) in [6, 6.07) is 18.5. The van der Waals surface area contributed by atoms with Crippen molar-refractivity contribution in [1.82, 2.24) is 10.2 Å². The van der Waals surface area contributed by atoms with Gasteiger partial charge in [-0.25, -0.2) is 0 Å². The Morgan fingerprint density at radius 3 is 2.68 bits per heavy atom. The minimum atomic E-state index is 0.465. The van der Waals surface area contributed by atoms with Crippen molar-refractivity contribution < 1.29 is 9.47 Å². The zero-order chi connectivity index (χ0) is 19.6. The molecular weight excluding hydrogens is 350 g/mol. The van der Waals surface area contributed by atoms with Crippen molar-refractivity contribution in [2.24, 2.45) is 0 Å². The summed E-state index contributed by atoms with van der Waals surface area (Å²) in [5, 5.41) is 12.7. The van der Waals surface area contributed by atoms with Gasteiger partial charge in [0.25, 0.3) is 0 Å². The van der Waals surface area contributed by atoms with E-state index < -0.39 is 0 Å². The Bertz CT molecular complexity index is 779. The maximum atomic E-state index is 9.00. The molecule has 0 saturated carbocycles. The zero-order valence-corrected chi connectivity index (χ0v) is 16.6. The van der Waals surface area contributed by atoms with Crippen molar-refractivity contribution >= 4 is 0 Å². The van der Waals surface area contributed by atoms with Gasteiger partial charge in [0.05, 0.1) is 18.2 Å². The van der Waals surface area contributed by atoms with Crippen LogP contribution in [-0.4, -0.2) is 44.3 Å². The van der Waals surface area contributed by atoms with Gasteiger partial charge < -0.3 is 19.7 Å². The van der Waals surface area contributed by atoms with Crippen molar-refractivity contribution in [1.29, 1.82) is 5.26 Å². The number of ether oxygens (including phenoxy) is 2. The molecular formula is C23H29N3O2. The van der Waals surface area contributed by atoms with E-state index in [2.05, 4.69) is 28.4 Å². The lowest BCUT2D eigenvalue weighted by molar-refractivity contribution is 0.126. The maximum absolute atomic E-state index is 9.00.